The summed E-state index contributed by atoms with van der Waals surface area (Å²) in [5.41, 5.74) is 6.14. The molecule has 3 N–H and O–H groups in total. The van der Waals surface area contributed by atoms with Crippen LogP contribution in [-0.4, -0.2) is 18.4 Å². The van der Waals surface area contributed by atoms with Gasteiger partial charge < -0.3 is 11.1 Å². The Balaban J connectivity index is 2.67. The van der Waals surface area contributed by atoms with E-state index in [1.54, 1.807) is 0 Å². The zero-order chi connectivity index (χ0) is 15.3. The van der Waals surface area contributed by atoms with E-state index in [1.807, 2.05) is 31.2 Å². The van der Waals surface area contributed by atoms with Crippen LogP contribution >= 0.6 is 0 Å². The highest BCUT2D eigenvalue weighted by molar-refractivity contribution is 5.79. The van der Waals surface area contributed by atoms with E-state index in [2.05, 4.69) is 5.32 Å². The summed E-state index contributed by atoms with van der Waals surface area (Å²) in [6.45, 7) is 5.26. The van der Waals surface area contributed by atoms with Gasteiger partial charge in [-0.1, -0.05) is 43.7 Å². The molecule has 0 bridgehead atoms. The molecule has 0 radical (unpaired) electrons. The van der Waals surface area contributed by atoms with Crippen molar-refractivity contribution in [3.63, 3.8) is 0 Å². The Hall–Kier alpha value is -1.49. The number of primary amides is 1. The number of benzene rings is 1. The number of carbonyl (C=O) groups excluding carboxylic acids is 1. The molecule has 0 aromatic heterocycles. The maximum absolute atomic E-state index is 12.9. The molecular formula is C15H22F2N2O. The van der Waals surface area contributed by atoms with Crippen molar-refractivity contribution in [1.29, 1.82) is 0 Å². The molecule has 20 heavy (non-hydrogen) atoms. The summed E-state index contributed by atoms with van der Waals surface area (Å²) in [6.07, 6.45) is -2.49. The molecule has 0 fully saturated rings. The third-order valence-electron chi connectivity index (χ3n) is 3.30. The highest BCUT2D eigenvalue weighted by atomic mass is 19.3. The van der Waals surface area contributed by atoms with E-state index < -0.39 is 23.8 Å². The van der Waals surface area contributed by atoms with E-state index in [0.29, 0.717) is 6.54 Å². The lowest BCUT2D eigenvalue weighted by Gasteiger charge is -2.28. The van der Waals surface area contributed by atoms with Gasteiger partial charge in [-0.3, -0.25) is 4.79 Å². The second kappa shape index (κ2) is 6.79. The van der Waals surface area contributed by atoms with Crippen molar-refractivity contribution in [2.45, 2.75) is 46.2 Å². The van der Waals surface area contributed by atoms with Gasteiger partial charge in [0, 0.05) is 12.0 Å². The SMILES string of the molecule is Cc1cccc(CN[C@H](CC(C)(C)C(F)F)C(N)=O)c1. The van der Waals surface area contributed by atoms with Crippen molar-refractivity contribution in [2.24, 2.45) is 11.1 Å². The topological polar surface area (TPSA) is 55.1 Å². The molecule has 112 valence electrons. The molecule has 0 aliphatic heterocycles. The predicted molar refractivity (Wildman–Crippen MR) is 75.4 cm³/mol. The quantitative estimate of drug-likeness (QED) is 0.808. The van der Waals surface area contributed by atoms with Crippen LogP contribution in [0.4, 0.5) is 8.78 Å². The molecule has 0 saturated heterocycles. The van der Waals surface area contributed by atoms with Crippen LogP contribution in [0.2, 0.25) is 0 Å². The molecule has 3 nitrogen and oxygen atoms in total. The summed E-state index contributed by atoms with van der Waals surface area (Å²) in [7, 11) is 0. The Kier molecular flexibility index (Phi) is 5.62. The lowest BCUT2D eigenvalue weighted by atomic mass is 9.86. The van der Waals surface area contributed by atoms with Crippen LogP contribution in [-0.2, 0) is 11.3 Å². The van der Waals surface area contributed by atoms with Gasteiger partial charge in [0.05, 0.1) is 6.04 Å². The fourth-order valence-corrected chi connectivity index (χ4v) is 1.95. The maximum atomic E-state index is 12.9. The van der Waals surface area contributed by atoms with Crippen LogP contribution in [0.1, 0.15) is 31.4 Å². The lowest BCUT2D eigenvalue weighted by Crippen LogP contribution is -2.45. The molecule has 1 aromatic rings. The summed E-state index contributed by atoms with van der Waals surface area (Å²) in [5, 5.41) is 2.97. The van der Waals surface area contributed by atoms with Crippen molar-refractivity contribution in [3.05, 3.63) is 35.4 Å². The molecular weight excluding hydrogens is 262 g/mol. The Morgan fingerprint density at radius 2 is 2.05 bits per heavy atom. The first-order valence-corrected chi connectivity index (χ1v) is 6.59. The van der Waals surface area contributed by atoms with Crippen LogP contribution in [0, 0.1) is 12.3 Å². The van der Waals surface area contributed by atoms with Crippen molar-refractivity contribution in [3.8, 4) is 0 Å². The molecule has 0 aliphatic carbocycles. The largest absolute Gasteiger partial charge is 0.368 e. The normalized spacial score (nSPS) is 13.5. The lowest BCUT2D eigenvalue weighted by molar-refractivity contribution is -0.121. The highest BCUT2D eigenvalue weighted by Gasteiger charge is 2.34. The molecule has 1 aromatic carbocycles. The number of carbonyl (C=O) groups is 1. The first-order chi connectivity index (χ1) is 9.22. The second-order valence-electron chi connectivity index (χ2n) is 5.82. The standard InChI is InChI=1S/C15H22F2N2O/c1-10-5-4-6-11(7-10)9-19-12(13(18)20)8-15(2,3)14(16)17/h4-7,12,14,19H,8-9H2,1-3H3,(H2,18,20)/t12-/m1/s1. The number of alkyl halides is 2. The third-order valence-corrected chi connectivity index (χ3v) is 3.30. The van der Waals surface area contributed by atoms with Gasteiger partial charge in [0.25, 0.3) is 0 Å². The van der Waals surface area contributed by atoms with Gasteiger partial charge in [-0.05, 0) is 18.9 Å². The molecule has 5 heteroatoms. The molecule has 1 amide bonds. The first kappa shape index (κ1) is 16.6. The van der Waals surface area contributed by atoms with Crippen LogP contribution < -0.4 is 11.1 Å². The minimum absolute atomic E-state index is 0.00577. The van der Waals surface area contributed by atoms with Gasteiger partial charge in [0.15, 0.2) is 0 Å². The molecule has 1 atom stereocenters. The molecule has 0 saturated carbocycles. The zero-order valence-corrected chi connectivity index (χ0v) is 12.1. The van der Waals surface area contributed by atoms with E-state index in [9.17, 15) is 13.6 Å². The van der Waals surface area contributed by atoms with E-state index in [-0.39, 0.29) is 6.42 Å². The molecule has 0 aliphatic rings. The Morgan fingerprint density at radius 1 is 1.40 bits per heavy atom. The number of nitrogens with one attached hydrogen (secondary N) is 1. The highest BCUT2D eigenvalue weighted by Crippen LogP contribution is 2.30. The van der Waals surface area contributed by atoms with Crippen molar-refractivity contribution in [1.82, 2.24) is 5.32 Å². The predicted octanol–water partition coefficient (Wildman–Crippen LogP) is 2.62. The van der Waals surface area contributed by atoms with Crippen molar-refractivity contribution < 1.29 is 13.6 Å². The number of halogens is 2. The average Bonchev–Trinajstić information content (AvgIpc) is 2.34. The van der Waals surface area contributed by atoms with Gasteiger partial charge in [-0.2, -0.15) is 0 Å². The number of amides is 1. The third kappa shape index (κ3) is 4.89. The maximum Gasteiger partial charge on any atom is 0.243 e. The van der Waals surface area contributed by atoms with Crippen LogP contribution in [0.15, 0.2) is 24.3 Å². The van der Waals surface area contributed by atoms with Crippen LogP contribution in [0.3, 0.4) is 0 Å². The van der Waals surface area contributed by atoms with Gasteiger partial charge in [0.1, 0.15) is 0 Å². The summed E-state index contributed by atoms with van der Waals surface area (Å²) in [4.78, 5) is 11.4. The second-order valence-corrected chi connectivity index (χ2v) is 5.82. The Labute approximate surface area is 118 Å². The average molecular weight is 284 g/mol. The number of hydrogen-bond acceptors (Lipinski definition) is 2. The van der Waals surface area contributed by atoms with Crippen LogP contribution in [0.25, 0.3) is 0 Å². The summed E-state index contributed by atoms with van der Waals surface area (Å²) in [5.74, 6) is -0.605. The monoisotopic (exact) mass is 284 g/mol. The molecule has 0 spiro atoms. The minimum atomic E-state index is -2.50. The first-order valence-electron chi connectivity index (χ1n) is 6.59. The van der Waals surface area contributed by atoms with E-state index in [1.165, 1.54) is 13.8 Å². The minimum Gasteiger partial charge on any atom is -0.368 e. The fourth-order valence-electron chi connectivity index (χ4n) is 1.95. The summed E-state index contributed by atoms with van der Waals surface area (Å²) < 4.78 is 25.7. The Bertz CT molecular complexity index is 461. The molecule has 1 rings (SSSR count). The van der Waals surface area contributed by atoms with Crippen LogP contribution in [0.5, 0.6) is 0 Å². The molecule has 0 unspecified atom stereocenters. The summed E-state index contributed by atoms with van der Waals surface area (Å²) in [6, 6.07) is 7.00. The molecule has 0 heterocycles. The number of hydrogen-bond donors (Lipinski definition) is 2. The van der Waals surface area contributed by atoms with Gasteiger partial charge in [0.2, 0.25) is 12.3 Å². The van der Waals surface area contributed by atoms with E-state index in [4.69, 9.17) is 5.73 Å². The zero-order valence-electron chi connectivity index (χ0n) is 12.1. The number of rotatable bonds is 7. The van der Waals surface area contributed by atoms with Gasteiger partial charge in [-0.15, -0.1) is 0 Å². The Morgan fingerprint density at radius 3 is 2.55 bits per heavy atom. The van der Waals surface area contributed by atoms with E-state index in [0.717, 1.165) is 11.1 Å². The number of aryl methyl sites for hydroxylation is 1. The number of nitrogens with two attached hydrogens (primary N) is 1. The van der Waals surface area contributed by atoms with Gasteiger partial charge >= 0.3 is 0 Å². The van der Waals surface area contributed by atoms with E-state index >= 15 is 0 Å². The summed E-state index contributed by atoms with van der Waals surface area (Å²) >= 11 is 0. The smallest absolute Gasteiger partial charge is 0.243 e. The van der Waals surface area contributed by atoms with Crippen molar-refractivity contribution >= 4 is 5.91 Å². The fraction of sp³-hybridized carbons (Fsp3) is 0.533. The van der Waals surface area contributed by atoms with Gasteiger partial charge in [-0.25, -0.2) is 8.78 Å². The van der Waals surface area contributed by atoms with Crippen molar-refractivity contribution in [2.75, 3.05) is 0 Å².